The Hall–Kier alpha value is -6.98. The molecule has 3 heterocycles. The number of amides is 5. The summed E-state index contributed by atoms with van der Waals surface area (Å²) in [6, 6.07) is 20.5. The van der Waals surface area contributed by atoms with Gasteiger partial charge in [-0.05, 0) is 118 Å². The number of urea groups is 1. The number of halogens is 1. The quantitative estimate of drug-likeness (QED) is 0.0250. The number of nitrogens with zero attached hydrogens (tertiary/aromatic N) is 8. The van der Waals surface area contributed by atoms with E-state index in [4.69, 9.17) is 35.3 Å². The number of anilines is 2. The smallest absolute Gasteiger partial charge is 0.325 e. The number of unbranched alkanes of at least 4 members (excludes halogenated alkanes) is 1. The first-order chi connectivity index (χ1) is 40.8. The fourth-order valence-electron chi connectivity index (χ4n) is 8.90. The van der Waals surface area contributed by atoms with Gasteiger partial charge in [0.25, 0.3) is 0 Å². The minimum atomic E-state index is -0.838. The van der Waals surface area contributed by atoms with Crippen LogP contribution in [-0.4, -0.2) is 182 Å². The van der Waals surface area contributed by atoms with E-state index in [9.17, 15) is 19.2 Å². The van der Waals surface area contributed by atoms with Crippen LogP contribution >= 0.6 is 22.9 Å². The summed E-state index contributed by atoms with van der Waals surface area (Å²) in [5.74, 6) is 1.08. The summed E-state index contributed by atoms with van der Waals surface area (Å²) in [5.41, 5.74) is 4.57. The molecule has 454 valence electrons. The number of nitrogens with one attached hydrogen (secondary N) is 3. The number of likely N-dealkylation sites (N-methyl/N-ethyl adjacent to an activating group) is 2. The summed E-state index contributed by atoms with van der Waals surface area (Å²) in [6.45, 7) is 21.2. The molecule has 5 amide bonds. The summed E-state index contributed by atoms with van der Waals surface area (Å²) in [7, 11) is 4.14. The standard InChI is InChI=1S/C62H84ClN11O9S/c1-7-12-48(9-3)44-64-60(77)59(50-16-18-51(63)19-17-50)74(47(4)8-2)57(75)26-15-49-13-22-55(23-14-49)82-35-11-10-28-70(5)33-37-80-40-39-79-36-27-53-45-73(69-68-53)34-38-81-41-42-83-56-24-20-52(21-25-56)65-61(78)67-62-66-54(46-84-62)43-58(76)72-31-29-71(6)30-32-72/h7,9,12-14,16-25,45-47,59H,1,3,8,10-11,15,26-44H2,2,4-6H3,(H,64,77)(H2,65,66,67,78)/b48-12+. The topological polar surface area (TPSA) is 207 Å². The number of rotatable bonds is 38. The Morgan fingerprint density at radius 2 is 1.49 bits per heavy atom. The number of aromatic nitrogens is 4. The molecule has 3 aromatic carbocycles. The van der Waals surface area contributed by atoms with E-state index in [1.165, 1.54) is 11.3 Å². The number of ether oxygens (including phenoxy) is 5. The van der Waals surface area contributed by atoms with Gasteiger partial charge in [0, 0.05) is 80.4 Å². The maximum absolute atomic E-state index is 14.0. The van der Waals surface area contributed by atoms with Crippen LogP contribution in [0.1, 0.15) is 68.1 Å². The first-order valence-electron chi connectivity index (χ1n) is 28.8. The van der Waals surface area contributed by atoms with Crippen LogP contribution in [0.15, 0.2) is 121 Å². The van der Waals surface area contributed by atoms with E-state index in [0.29, 0.717) is 125 Å². The summed E-state index contributed by atoms with van der Waals surface area (Å²) in [5, 5.41) is 19.8. The van der Waals surface area contributed by atoms with E-state index in [1.54, 1.807) is 81.7 Å². The molecule has 6 rings (SSSR count). The van der Waals surface area contributed by atoms with Crippen LogP contribution in [0.25, 0.3) is 0 Å². The fourth-order valence-corrected chi connectivity index (χ4v) is 9.73. The lowest BCUT2D eigenvalue weighted by molar-refractivity contribution is -0.143. The third-order valence-electron chi connectivity index (χ3n) is 14.0. The third kappa shape index (κ3) is 23.6. The van der Waals surface area contributed by atoms with E-state index < -0.39 is 12.1 Å². The molecule has 1 aliphatic heterocycles. The number of piperazine rings is 1. The van der Waals surface area contributed by atoms with Crippen LogP contribution in [0.3, 0.4) is 0 Å². The maximum Gasteiger partial charge on any atom is 0.325 e. The van der Waals surface area contributed by atoms with Crippen molar-refractivity contribution in [3.63, 3.8) is 0 Å². The highest BCUT2D eigenvalue weighted by Crippen LogP contribution is 2.28. The van der Waals surface area contributed by atoms with E-state index in [1.807, 2.05) is 56.3 Å². The molecule has 0 spiro atoms. The molecule has 2 atom stereocenters. The Balaban J connectivity index is 0.744. The van der Waals surface area contributed by atoms with Crippen molar-refractivity contribution in [1.29, 1.82) is 0 Å². The number of carbonyl (C=O) groups is 4. The largest absolute Gasteiger partial charge is 0.494 e. The summed E-state index contributed by atoms with van der Waals surface area (Å²) in [6.07, 6.45) is 11.2. The van der Waals surface area contributed by atoms with Crippen molar-refractivity contribution < 1.29 is 42.9 Å². The number of benzene rings is 3. The molecule has 1 fully saturated rings. The number of hydrogen-bond acceptors (Lipinski definition) is 15. The van der Waals surface area contributed by atoms with Crippen molar-refractivity contribution in [1.82, 2.24) is 44.9 Å². The van der Waals surface area contributed by atoms with Crippen LogP contribution in [0.4, 0.5) is 15.6 Å². The molecule has 5 aromatic rings. The number of hydrogen-bond donors (Lipinski definition) is 3. The Kier molecular flexibility index (Phi) is 28.9. The first-order valence-corrected chi connectivity index (χ1v) is 30.1. The molecule has 2 unspecified atom stereocenters. The van der Waals surface area contributed by atoms with Crippen molar-refractivity contribution in [2.24, 2.45) is 0 Å². The first kappa shape index (κ1) is 66.2. The van der Waals surface area contributed by atoms with Gasteiger partial charge in [-0.15, -0.1) is 16.4 Å². The molecule has 0 saturated carbocycles. The van der Waals surface area contributed by atoms with Crippen LogP contribution in [0.5, 0.6) is 11.5 Å². The maximum atomic E-state index is 14.0. The Morgan fingerprint density at radius 1 is 0.798 bits per heavy atom. The molecule has 0 bridgehead atoms. The molecule has 1 aliphatic rings. The van der Waals surface area contributed by atoms with Crippen LogP contribution in [0.2, 0.25) is 5.02 Å². The number of allylic oxidation sites excluding steroid dienone is 2. The number of carbonyl (C=O) groups excluding carboxylic acids is 4. The normalized spacial score (nSPS) is 13.5. The highest BCUT2D eigenvalue weighted by Gasteiger charge is 2.34. The van der Waals surface area contributed by atoms with Gasteiger partial charge < -0.3 is 53.9 Å². The average molecular weight is 1190 g/mol. The van der Waals surface area contributed by atoms with Crippen molar-refractivity contribution in [3.05, 3.63) is 149 Å². The summed E-state index contributed by atoms with van der Waals surface area (Å²) < 4.78 is 30.9. The monoisotopic (exact) mass is 1190 g/mol. The lowest BCUT2D eigenvalue weighted by atomic mass is 9.99. The van der Waals surface area contributed by atoms with E-state index >= 15 is 0 Å². The van der Waals surface area contributed by atoms with Gasteiger partial charge in [0.1, 0.15) is 24.1 Å². The van der Waals surface area contributed by atoms with Crippen molar-refractivity contribution >= 4 is 57.5 Å². The Morgan fingerprint density at radius 3 is 2.20 bits per heavy atom. The van der Waals surface area contributed by atoms with E-state index in [-0.39, 0.29) is 43.1 Å². The third-order valence-corrected chi connectivity index (χ3v) is 15.1. The van der Waals surface area contributed by atoms with Crippen molar-refractivity contribution in [2.75, 3.05) is 123 Å². The minimum Gasteiger partial charge on any atom is -0.494 e. The number of thiazole rings is 1. The van der Waals surface area contributed by atoms with Gasteiger partial charge in [0.05, 0.1) is 70.6 Å². The Labute approximate surface area is 504 Å². The van der Waals surface area contributed by atoms with E-state index in [0.717, 1.165) is 61.6 Å². The molecular formula is C62H84ClN11O9S. The van der Waals surface area contributed by atoms with Crippen LogP contribution in [0, 0.1) is 0 Å². The predicted octanol–water partition coefficient (Wildman–Crippen LogP) is 8.53. The van der Waals surface area contributed by atoms with Gasteiger partial charge in [0.2, 0.25) is 17.7 Å². The molecule has 20 nitrogen and oxygen atoms in total. The van der Waals surface area contributed by atoms with Gasteiger partial charge in [0.15, 0.2) is 5.13 Å². The minimum absolute atomic E-state index is 0.0457. The molecular weight excluding hydrogens is 1110 g/mol. The molecule has 1 saturated heterocycles. The van der Waals surface area contributed by atoms with Crippen LogP contribution in [-0.2, 0) is 54.4 Å². The highest BCUT2D eigenvalue weighted by molar-refractivity contribution is 7.14. The molecule has 22 heteroatoms. The van der Waals surface area contributed by atoms with Gasteiger partial charge in [-0.3, -0.25) is 19.7 Å². The van der Waals surface area contributed by atoms with Crippen molar-refractivity contribution in [2.45, 2.75) is 77.4 Å². The fraction of sp³-hybridized carbons (Fsp3) is 0.468. The highest BCUT2D eigenvalue weighted by atomic mass is 35.5. The summed E-state index contributed by atoms with van der Waals surface area (Å²) >= 11 is 7.49. The molecule has 84 heavy (non-hydrogen) atoms. The molecule has 2 aromatic heterocycles. The van der Waals surface area contributed by atoms with E-state index in [2.05, 4.69) is 61.3 Å². The molecule has 0 aliphatic carbocycles. The van der Waals surface area contributed by atoms with Crippen LogP contribution < -0.4 is 25.4 Å². The summed E-state index contributed by atoms with van der Waals surface area (Å²) in [4.78, 5) is 65.6. The zero-order chi connectivity index (χ0) is 59.9. The second-order valence-corrected chi connectivity index (χ2v) is 21.7. The van der Waals surface area contributed by atoms with Gasteiger partial charge in [-0.25, -0.2) is 14.5 Å². The Bertz CT molecular complexity index is 2820. The second-order valence-electron chi connectivity index (χ2n) is 20.4. The molecule has 3 N–H and O–H groups in total. The molecule has 0 radical (unpaired) electrons. The lowest BCUT2D eigenvalue weighted by Crippen LogP contribution is -2.48. The van der Waals surface area contributed by atoms with Gasteiger partial charge in [-0.1, -0.05) is 79.4 Å². The predicted molar refractivity (Wildman–Crippen MR) is 330 cm³/mol. The average Bonchev–Trinajstić information content (AvgIpc) is 4.15. The van der Waals surface area contributed by atoms with Crippen molar-refractivity contribution in [3.8, 4) is 11.5 Å². The second kappa shape index (κ2) is 36.7. The van der Waals surface area contributed by atoms with Gasteiger partial charge >= 0.3 is 6.03 Å². The zero-order valence-corrected chi connectivity index (χ0v) is 50.8. The lowest BCUT2D eigenvalue weighted by Gasteiger charge is -2.36. The number of aryl methyl sites for hydroxylation is 1. The van der Waals surface area contributed by atoms with Gasteiger partial charge in [-0.2, -0.15) is 0 Å². The zero-order valence-electron chi connectivity index (χ0n) is 49.2. The SMILES string of the molecule is C=C/C=C(\C=C)CNC(=O)C(c1ccc(Cl)cc1)N(C(=O)CCc1ccc(OCCCCN(C)CCOCCOCCc2cn(CCOCCOc3ccc(NC(=O)Nc4nc(CC(=O)N5CCN(C)CC5)cs4)cc3)nn2)cc1)C(C)CC.